The van der Waals surface area contributed by atoms with Crippen LogP contribution in [0, 0.1) is 17.3 Å². The van der Waals surface area contributed by atoms with Gasteiger partial charge in [0.15, 0.2) is 5.60 Å². The van der Waals surface area contributed by atoms with Crippen LogP contribution < -0.4 is 0 Å². The van der Waals surface area contributed by atoms with E-state index in [1.165, 1.54) is 0 Å². The highest BCUT2D eigenvalue weighted by molar-refractivity contribution is 7.46. The Kier molecular flexibility index (Phi) is 3.07. The number of carbonyl (C=O) groups excluding carboxylic acids is 1. The number of ether oxygens (including phenoxy) is 4. The number of hydrogen-bond donors (Lipinski definition) is 2. The average Bonchev–Trinajstić information content (AvgIpc) is 3.52. The lowest BCUT2D eigenvalue weighted by atomic mass is 9.46. The van der Waals surface area contributed by atoms with Crippen LogP contribution in [0.15, 0.2) is 11.1 Å². The Labute approximate surface area is 173 Å². The molecule has 164 valence electrons. The number of fused-ring (bicyclic) bond motifs is 4. The third-order valence-corrected chi connectivity index (χ3v) is 9.79. The summed E-state index contributed by atoms with van der Waals surface area (Å²) < 4.78 is 41.8. The number of phosphoric acid groups is 1. The van der Waals surface area contributed by atoms with Gasteiger partial charge in [0.05, 0.1) is 6.10 Å². The van der Waals surface area contributed by atoms with Gasteiger partial charge < -0.3 is 28.7 Å². The second kappa shape index (κ2) is 4.91. The van der Waals surface area contributed by atoms with Crippen LogP contribution in [0.5, 0.6) is 0 Å². The topological polar surface area (TPSA) is 131 Å². The van der Waals surface area contributed by atoms with E-state index in [0.29, 0.717) is 19.4 Å². The van der Waals surface area contributed by atoms with Crippen LogP contribution in [-0.2, 0) is 32.8 Å². The highest BCUT2D eigenvalue weighted by Crippen LogP contribution is 2.84. The summed E-state index contributed by atoms with van der Waals surface area (Å²) in [5, 5.41) is 0. The van der Waals surface area contributed by atoms with E-state index in [4.69, 9.17) is 23.5 Å². The summed E-state index contributed by atoms with van der Waals surface area (Å²) in [6.45, 7) is 6.44. The van der Waals surface area contributed by atoms with E-state index in [-0.39, 0.29) is 41.5 Å². The van der Waals surface area contributed by atoms with Crippen LogP contribution in [0.25, 0.3) is 0 Å². The second-order valence-electron chi connectivity index (χ2n) is 10.5. The van der Waals surface area contributed by atoms with Crippen LogP contribution in [0.1, 0.15) is 40.0 Å². The maximum absolute atomic E-state index is 12.2. The molecule has 0 aromatic heterocycles. The van der Waals surface area contributed by atoms with Crippen molar-refractivity contribution in [3.05, 3.63) is 11.1 Å². The molecule has 9 nitrogen and oxygen atoms in total. The first-order chi connectivity index (χ1) is 14.0. The summed E-state index contributed by atoms with van der Waals surface area (Å²) in [7, 11) is -4.79. The number of rotatable bonds is 3. The van der Waals surface area contributed by atoms with Crippen LogP contribution in [0.3, 0.4) is 0 Å². The minimum Gasteiger partial charge on any atom is -0.458 e. The van der Waals surface area contributed by atoms with Gasteiger partial charge >= 0.3 is 13.8 Å². The monoisotopic (exact) mass is 440 g/mol. The number of phosphoric ester groups is 1. The van der Waals surface area contributed by atoms with Crippen LogP contribution in [0.4, 0.5) is 0 Å². The van der Waals surface area contributed by atoms with Gasteiger partial charge in [0.1, 0.15) is 36.1 Å². The lowest BCUT2D eigenvalue weighted by Gasteiger charge is -2.53. The molecule has 0 radical (unpaired) electrons. The summed E-state index contributed by atoms with van der Waals surface area (Å²) >= 11 is 0. The predicted octanol–water partition coefficient (Wildman–Crippen LogP) is 1.22. The Hall–Kier alpha value is -0.800. The van der Waals surface area contributed by atoms with Crippen molar-refractivity contribution >= 4 is 13.8 Å². The highest BCUT2D eigenvalue weighted by Gasteiger charge is 3.01. The molecule has 2 N–H and O–H groups in total. The van der Waals surface area contributed by atoms with Crippen LogP contribution >= 0.6 is 7.82 Å². The zero-order valence-electron chi connectivity index (χ0n) is 17.0. The standard InChI is InChI=1S/C20H25O9P/c1-8(2)18-13(27-18)14-20(28-14)17(3)5-4-9-10(7-25-15(9)21)11(17)6-12-19(20,26-12)16(18)29-30(22,23)24/h8,11-14,16H,4-7H2,1-3H3,(H2,22,23,24)/t11-,12-,13-,14?,16+,17-,18-,19+,20+/m0/s1. The average molecular weight is 440 g/mol. The van der Waals surface area contributed by atoms with Gasteiger partial charge in [-0.25, -0.2) is 9.36 Å². The molecule has 30 heavy (non-hydrogen) atoms. The van der Waals surface area contributed by atoms with E-state index < -0.39 is 30.7 Å². The molecule has 3 aliphatic carbocycles. The molecule has 4 heterocycles. The summed E-state index contributed by atoms with van der Waals surface area (Å²) in [4.78, 5) is 31.7. The van der Waals surface area contributed by atoms with E-state index in [1.807, 2.05) is 13.8 Å². The van der Waals surface area contributed by atoms with E-state index in [9.17, 15) is 19.1 Å². The van der Waals surface area contributed by atoms with Crippen molar-refractivity contribution in [2.45, 2.75) is 81.3 Å². The molecule has 10 heteroatoms. The zero-order valence-corrected chi connectivity index (χ0v) is 17.9. The molecule has 2 spiro atoms. The summed E-state index contributed by atoms with van der Waals surface area (Å²) in [5.74, 6) is -0.172. The fourth-order valence-corrected chi connectivity index (χ4v) is 8.56. The third kappa shape index (κ3) is 1.72. The van der Waals surface area contributed by atoms with Gasteiger partial charge in [0, 0.05) is 11.0 Å². The fourth-order valence-electron chi connectivity index (χ4n) is 7.96. The van der Waals surface area contributed by atoms with E-state index >= 15 is 0 Å². The van der Waals surface area contributed by atoms with Gasteiger partial charge in [-0.05, 0) is 36.7 Å². The molecular weight excluding hydrogens is 415 g/mol. The van der Waals surface area contributed by atoms with Gasteiger partial charge in [-0.15, -0.1) is 0 Å². The van der Waals surface area contributed by atoms with Crippen molar-refractivity contribution in [3.8, 4) is 0 Å². The molecule has 2 saturated carbocycles. The summed E-state index contributed by atoms with van der Waals surface area (Å²) in [5.41, 5.74) is -1.03. The van der Waals surface area contributed by atoms with Crippen molar-refractivity contribution in [1.82, 2.24) is 0 Å². The van der Waals surface area contributed by atoms with E-state index in [1.54, 1.807) is 0 Å². The van der Waals surface area contributed by atoms with E-state index in [2.05, 4.69) is 6.92 Å². The number of epoxide rings is 3. The first kappa shape index (κ1) is 18.7. The van der Waals surface area contributed by atoms with Crippen LogP contribution in [-0.4, -0.2) is 63.6 Å². The summed E-state index contributed by atoms with van der Waals surface area (Å²) in [6, 6.07) is 0. The number of esters is 1. The molecule has 1 unspecified atom stereocenters. The Morgan fingerprint density at radius 2 is 1.97 bits per heavy atom. The largest absolute Gasteiger partial charge is 0.470 e. The minimum absolute atomic E-state index is 0.0208. The van der Waals surface area contributed by atoms with Gasteiger partial charge in [-0.2, -0.15) is 0 Å². The normalized spacial score (nSPS) is 56.9. The van der Waals surface area contributed by atoms with Crippen molar-refractivity contribution in [2.75, 3.05) is 6.61 Å². The quantitative estimate of drug-likeness (QED) is 0.378. The van der Waals surface area contributed by atoms with Gasteiger partial charge in [-0.1, -0.05) is 20.8 Å². The van der Waals surface area contributed by atoms with Gasteiger partial charge in [0.2, 0.25) is 0 Å². The molecule has 0 bridgehead atoms. The highest BCUT2D eigenvalue weighted by atomic mass is 31.2. The molecule has 0 amide bonds. The Morgan fingerprint density at radius 3 is 2.67 bits per heavy atom. The second-order valence-corrected chi connectivity index (χ2v) is 11.7. The summed E-state index contributed by atoms with van der Waals surface area (Å²) in [6.07, 6.45) is 0.346. The first-order valence-corrected chi connectivity index (χ1v) is 12.2. The van der Waals surface area contributed by atoms with Crippen LogP contribution in [0.2, 0.25) is 0 Å². The molecule has 0 aromatic carbocycles. The first-order valence-electron chi connectivity index (χ1n) is 10.7. The van der Waals surface area contributed by atoms with Crippen molar-refractivity contribution in [2.24, 2.45) is 17.3 Å². The predicted molar refractivity (Wildman–Crippen MR) is 98.0 cm³/mol. The molecule has 5 fully saturated rings. The molecule has 0 aromatic rings. The maximum atomic E-state index is 12.2. The number of hydrogen-bond acceptors (Lipinski definition) is 7. The number of cyclic esters (lactones) is 1. The maximum Gasteiger partial charge on any atom is 0.470 e. The Balaban J connectivity index is 1.38. The molecule has 7 aliphatic rings. The van der Waals surface area contributed by atoms with E-state index in [0.717, 1.165) is 17.6 Å². The third-order valence-electron chi connectivity index (χ3n) is 9.31. The lowest BCUT2D eigenvalue weighted by Crippen LogP contribution is -2.69. The van der Waals surface area contributed by atoms with Crippen molar-refractivity contribution < 1.29 is 42.6 Å². The van der Waals surface area contributed by atoms with Crippen molar-refractivity contribution in [1.29, 1.82) is 0 Å². The molecule has 7 rings (SSSR count). The lowest BCUT2D eigenvalue weighted by molar-refractivity contribution is -0.136. The SMILES string of the molecule is CC(C)[C@]12O[C@H]1C1O[C@]13[C@]1(O[C@H]1C[C@H]1C4=C(CC[C@@]13C)C(=O)OC4)[C@@H]2OP(=O)(O)O. The molecular formula is C20H25O9P. The van der Waals surface area contributed by atoms with Gasteiger partial charge in [0.25, 0.3) is 0 Å². The molecule has 9 atom stereocenters. The smallest absolute Gasteiger partial charge is 0.458 e. The molecule has 3 saturated heterocycles. The number of carbonyl (C=O) groups is 1. The molecule has 4 aliphatic heterocycles. The Morgan fingerprint density at radius 1 is 1.20 bits per heavy atom. The fraction of sp³-hybridized carbons (Fsp3) is 0.850. The zero-order chi connectivity index (χ0) is 21.1. The van der Waals surface area contributed by atoms with Crippen molar-refractivity contribution in [3.63, 3.8) is 0 Å². The Bertz CT molecular complexity index is 987. The van der Waals surface area contributed by atoms with Gasteiger partial charge in [-0.3, -0.25) is 4.52 Å². The minimum atomic E-state index is -4.79.